The molecule has 0 aliphatic carbocycles. The third-order valence-electron chi connectivity index (χ3n) is 4.84. The van der Waals surface area contributed by atoms with Crippen LogP contribution in [0.15, 0.2) is 29.2 Å². The predicted octanol–water partition coefficient (Wildman–Crippen LogP) is 1.51. The summed E-state index contributed by atoms with van der Waals surface area (Å²) < 4.78 is 24.7. The molecule has 23 heavy (non-hydrogen) atoms. The maximum atomic E-state index is 12.4. The number of aryl methyl sites for hydroxylation is 1. The number of nitrogens with one attached hydrogen (secondary N) is 1. The van der Waals surface area contributed by atoms with E-state index in [1.54, 1.807) is 24.3 Å². The first-order valence-electron chi connectivity index (χ1n) is 8.27. The first kappa shape index (κ1) is 16.5. The van der Waals surface area contributed by atoms with Gasteiger partial charge in [-0.1, -0.05) is 17.7 Å². The van der Waals surface area contributed by atoms with E-state index >= 15 is 0 Å². The van der Waals surface area contributed by atoms with E-state index in [1.807, 2.05) is 11.8 Å². The molecule has 1 aromatic carbocycles. The highest BCUT2D eigenvalue weighted by Crippen LogP contribution is 2.21. The summed E-state index contributed by atoms with van der Waals surface area (Å²) in [6, 6.07) is 7.69. The fourth-order valence-electron chi connectivity index (χ4n) is 3.41. The molecule has 2 aliphatic heterocycles. The quantitative estimate of drug-likeness (QED) is 0.905. The number of likely N-dealkylation sites (tertiary alicyclic amines) is 1. The minimum atomic E-state index is -3.39. The zero-order valence-corrected chi connectivity index (χ0v) is 14.3. The second kappa shape index (κ2) is 6.61. The Balaban J connectivity index is 1.58. The molecular formula is C17H24N2O3S. The van der Waals surface area contributed by atoms with Gasteiger partial charge in [-0.15, -0.1) is 0 Å². The van der Waals surface area contributed by atoms with Gasteiger partial charge in [0.05, 0.1) is 10.6 Å². The molecule has 0 saturated carbocycles. The van der Waals surface area contributed by atoms with Crippen LogP contribution < -0.4 is 5.32 Å². The van der Waals surface area contributed by atoms with Gasteiger partial charge < -0.3 is 10.2 Å². The number of nitrogens with zero attached hydrogens (tertiary/aromatic N) is 1. The summed E-state index contributed by atoms with van der Waals surface area (Å²) in [6.07, 6.45) is 3.32. The Morgan fingerprint density at radius 2 is 1.87 bits per heavy atom. The van der Waals surface area contributed by atoms with Crippen molar-refractivity contribution in [1.29, 1.82) is 0 Å². The van der Waals surface area contributed by atoms with Crippen LogP contribution in [0.25, 0.3) is 0 Å². The highest BCUT2D eigenvalue weighted by Gasteiger charge is 2.31. The summed E-state index contributed by atoms with van der Waals surface area (Å²) >= 11 is 0. The van der Waals surface area contributed by atoms with E-state index in [0.29, 0.717) is 23.5 Å². The van der Waals surface area contributed by atoms with Gasteiger partial charge in [-0.05, 0) is 38.3 Å². The second-order valence-electron chi connectivity index (χ2n) is 6.65. The SMILES string of the molecule is Cc1ccc(S(=O)(=O)CCC(=O)N2CC[C@H]3CC[C@@H](C2)N3)cc1. The minimum Gasteiger partial charge on any atom is -0.341 e. The number of amides is 1. The van der Waals surface area contributed by atoms with Crippen LogP contribution in [0.5, 0.6) is 0 Å². The molecule has 5 nitrogen and oxygen atoms in total. The van der Waals surface area contributed by atoms with Crippen molar-refractivity contribution in [2.45, 2.75) is 49.6 Å². The molecule has 126 valence electrons. The molecule has 2 saturated heterocycles. The van der Waals surface area contributed by atoms with Gasteiger partial charge in [0, 0.05) is 31.6 Å². The number of sulfone groups is 1. The molecule has 2 bridgehead atoms. The Labute approximate surface area is 138 Å². The molecule has 0 aromatic heterocycles. The van der Waals surface area contributed by atoms with Crippen molar-refractivity contribution >= 4 is 15.7 Å². The lowest BCUT2D eigenvalue weighted by Gasteiger charge is -2.24. The number of fused-ring (bicyclic) bond motifs is 2. The van der Waals surface area contributed by atoms with E-state index in [4.69, 9.17) is 0 Å². The van der Waals surface area contributed by atoms with Crippen molar-refractivity contribution in [3.8, 4) is 0 Å². The first-order valence-corrected chi connectivity index (χ1v) is 9.92. The number of benzene rings is 1. The average molecular weight is 336 g/mol. The van der Waals surface area contributed by atoms with Gasteiger partial charge in [0.2, 0.25) is 5.91 Å². The third kappa shape index (κ3) is 3.93. The van der Waals surface area contributed by atoms with Crippen LogP contribution in [0.1, 0.15) is 31.2 Å². The maximum absolute atomic E-state index is 12.4. The molecule has 2 fully saturated rings. The van der Waals surface area contributed by atoms with Crippen molar-refractivity contribution in [1.82, 2.24) is 10.2 Å². The highest BCUT2D eigenvalue weighted by molar-refractivity contribution is 7.91. The van der Waals surface area contributed by atoms with Crippen molar-refractivity contribution in [2.24, 2.45) is 0 Å². The molecule has 2 aliphatic rings. The van der Waals surface area contributed by atoms with Crippen LogP contribution in [0.4, 0.5) is 0 Å². The number of hydrogen-bond donors (Lipinski definition) is 1. The normalized spacial score (nSPS) is 24.5. The van der Waals surface area contributed by atoms with E-state index in [9.17, 15) is 13.2 Å². The zero-order valence-electron chi connectivity index (χ0n) is 13.5. The Hall–Kier alpha value is -1.40. The molecule has 1 N–H and O–H groups in total. The van der Waals surface area contributed by atoms with Crippen LogP contribution in [0, 0.1) is 6.92 Å². The van der Waals surface area contributed by atoms with E-state index in [-0.39, 0.29) is 18.1 Å². The fourth-order valence-corrected chi connectivity index (χ4v) is 4.64. The third-order valence-corrected chi connectivity index (χ3v) is 6.57. The van der Waals surface area contributed by atoms with Crippen LogP contribution >= 0.6 is 0 Å². The Morgan fingerprint density at radius 1 is 1.17 bits per heavy atom. The number of rotatable bonds is 4. The molecule has 0 unspecified atom stereocenters. The van der Waals surface area contributed by atoms with E-state index in [1.165, 1.54) is 6.42 Å². The molecule has 2 atom stereocenters. The lowest BCUT2D eigenvalue weighted by Crippen LogP contribution is -2.39. The van der Waals surface area contributed by atoms with Gasteiger partial charge in [-0.3, -0.25) is 4.79 Å². The first-order chi connectivity index (χ1) is 10.9. The zero-order chi connectivity index (χ0) is 16.4. The molecule has 0 spiro atoms. The van der Waals surface area contributed by atoms with Gasteiger partial charge >= 0.3 is 0 Å². The minimum absolute atomic E-state index is 0.0463. The number of hydrogen-bond acceptors (Lipinski definition) is 4. The van der Waals surface area contributed by atoms with E-state index in [0.717, 1.165) is 24.9 Å². The van der Waals surface area contributed by atoms with Gasteiger partial charge in [0.15, 0.2) is 9.84 Å². The smallest absolute Gasteiger partial charge is 0.223 e. The largest absolute Gasteiger partial charge is 0.341 e. The molecule has 2 heterocycles. The summed E-state index contributed by atoms with van der Waals surface area (Å²) in [4.78, 5) is 14.5. The maximum Gasteiger partial charge on any atom is 0.223 e. The summed E-state index contributed by atoms with van der Waals surface area (Å²) in [5.74, 6) is -0.164. The second-order valence-corrected chi connectivity index (χ2v) is 8.76. The molecule has 1 aromatic rings. The predicted molar refractivity (Wildman–Crippen MR) is 89.0 cm³/mol. The molecule has 0 radical (unpaired) electrons. The Morgan fingerprint density at radius 3 is 2.61 bits per heavy atom. The molecule has 1 amide bonds. The van der Waals surface area contributed by atoms with E-state index < -0.39 is 9.84 Å². The molecule has 3 rings (SSSR count). The van der Waals surface area contributed by atoms with Gasteiger partial charge in [0.1, 0.15) is 0 Å². The van der Waals surface area contributed by atoms with Crippen LogP contribution in [0.3, 0.4) is 0 Å². The lowest BCUT2D eigenvalue weighted by molar-refractivity contribution is -0.131. The Bertz CT molecular complexity index is 670. The molecular weight excluding hydrogens is 312 g/mol. The highest BCUT2D eigenvalue weighted by atomic mass is 32.2. The lowest BCUT2D eigenvalue weighted by atomic mass is 10.1. The average Bonchev–Trinajstić information content (AvgIpc) is 2.84. The van der Waals surface area contributed by atoms with Crippen molar-refractivity contribution in [2.75, 3.05) is 18.8 Å². The van der Waals surface area contributed by atoms with Gasteiger partial charge in [0.25, 0.3) is 0 Å². The van der Waals surface area contributed by atoms with Crippen molar-refractivity contribution in [3.05, 3.63) is 29.8 Å². The molecule has 6 heteroatoms. The Kier molecular flexibility index (Phi) is 4.73. The van der Waals surface area contributed by atoms with Gasteiger partial charge in [-0.2, -0.15) is 0 Å². The van der Waals surface area contributed by atoms with Crippen LogP contribution in [0.2, 0.25) is 0 Å². The van der Waals surface area contributed by atoms with Crippen LogP contribution in [-0.2, 0) is 14.6 Å². The summed E-state index contributed by atoms with van der Waals surface area (Å²) in [5.41, 5.74) is 1.02. The topological polar surface area (TPSA) is 66.5 Å². The fraction of sp³-hybridized carbons (Fsp3) is 0.588. The number of carbonyl (C=O) groups excluding carboxylic acids is 1. The standard InChI is InChI=1S/C17H24N2O3S/c1-13-2-6-16(7-3-13)23(21,22)11-9-17(20)19-10-8-14-4-5-15(12-19)18-14/h2-3,6-7,14-15,18H,4-5,8-12H2,1H3/t14-,15+/m1/s1. The van der Waals surface area contributed by atoms with Crippen LogP contribution in [-0.4, -0.2) is 50.2 Å². The van der Waals surface area contributed by atoms with Crippen molar-refractivity contribution < 1.29 is 13.2 Å². The van der Waals surface area contributed by atoms with E-state index in [2.05, 4.69) is 5.32 Å². The number of carbonyl (C=O) groups is 1. The summed E-state index contributed by atoms with van der Waals surface area (Å²) in [5, 5.41) is 3.53. The summed E-state index contributed by atoms with van der Waals surface area (Å²) in [7, 11) is -3.39. The van der Waals surface area contributed by atoms with Crippen molar-refractivity contribution in [3.63, 3.8) is 0 Å². The monoisotopic (exact) mass is 336 g/mol. The summed E-state index contributed by atoms with van der Waals surface area (Å²) in [6.45, 7) is 3.36. The van der Waals surface area contributed by atoms with Gasteiger partial charge in [-0.25, -0.2) is 8.42 Å².